The third kappa shape index (κ3) is 8.87. The van der Waals surface area contributed by atoms with Crippen molar-refractivity contribution in [3.63, 3.8) is 0 Å². The van der Waals surface area contributed by atoms with E-state index >= 15 is 0 Å². The van der Waals surface area contributed by atoms with Crippen LogP contribution in [-0.2, 0) is 9.53 Å². The van der Waals surface area contributed by atoms with E-state index in [2.05, 4.69) is 0 Å². The van der Waals surface area contributed by atoms with Gasteiger partial charge in [0.05, 0.1) is 12.7 Å². The molecule has 0 unspecified atom stereocenters. The fourth-order valence-electron chi connectivity index (χ4n) is 0.805. The molecule has 3 heteroatoms. The molecule has 0 aliphatic carbocycles. The van der Waals surface area contributed by atoms with Gasteiger partial charge in [0.25, 0.3) is 0 Å². The van der Waals surface area contributed by atoms with Crippen LogP contribution in [0.5, 0.6) is 0 Å². The molecular formula is C10H17NO2. The van der Waals surface area contributed by atoms with Crippen molar-refractivity contribution in [2.45, 2.75) is 39.5 Å². The van der Waals surface area contributed by atoms with Crippen molar-refractivity contribution in [2.24, 2.45) is 5.92 Å². The lowest BCUT2D eigenvalue weighted by Crippen LogP contribution is -2.09. The fourth-order valence-corrected chi connectivity index (χ4v) is 0.805. The number of rotatable bonds is 6. The van der Waals surface area contributed by atoms with Gasteiger partial charge in [0.1, 0.15) is 0 Å². The summed E-state index contributed by atoms with van der Waals surface area (Å²) in [5.41, 5.74) is 0. The minimum Gasteiger partial charge on any atom is -0.465 e. The fraction of sp³-hybridized carbons (Fsp3) is 0.800. The first-order valence-corrected chi connectivity index (χ1v) is 4.69. The SMILES string of the molecule is CC(C)COC(=O)CCCCC#N. The average molecular weight is 183 g/mol. The van der Waals surface area contributed by atoms with Crippen molar-refractivity contribution < 1.29 is 9.53 Å². The maximum atomic E-state index is 11.0. The Morgan fingerprint density at radius 2 is 2.15 bits per heavy atom. The van der Waals surface area contributed by atoms with Crippen LogP contribution in [0.4, 0.5) is 0 Å². The molecule has 0 amide bonds. The van der Waals surface area contributed by atoms with Crippen molar-refractivity contribution in [3.8, 4) is 6.07 Å². The molecular weight excluding hydrogens is 166 g/mol. The molecule has 0 heterocycles. The Kier molecular flexibility index (Phi) is 6.99. The Morgan fingerprint density at radius 3 is 2.69 bits per heavy atom. The number of nitriles is 1. The molecule has 0 aromatic heterocycles. The first kappa shape index (κ1) is 12.0. The van der Waals surface area contributed by atoms with Crippen LogP contribution in [0.2, 0.25) is 0 Å². The highest BCUT2D eigenvalue weighted by Crippen LogP contribution is 2.02. The first-order chi connectivity index (χ1) is 6.16. The molecule has 0 fully saturated rings. The van der Waals surface area contributed by atoms with Gasteiger partial charge >= 0.3 is 5.97 Å². The quantitative estimate of drug-likeness (QED) is 0.469. The van der Waals surface area contributed by atoms with Gasteiger partial charge in [-0.2, -0.15) is 5.26 Å². The minimum atomic E-state index is -0.147. The molecule has 0 spiro atoms. The summed E-state index contributed by atoms with van der Waals surface area (Å²) in [6.45, 7) is 4.50. The second-order valence-corrected chi connectivity index (χ2v) is 3.44. The number of nitrogens with zero attached hydrogens (tertiary/aromatic N) is 1. The van der Waals surface area contributed by atoms with Gasteiger partial charge in [-0.15, -0.1) is 0 Å². The van der Waals surface area contributed by atoms with Gasteiger partial charge in [0.15, 0.2) is 0 Å². The van der Waals surface area contributed by atoms with Gasteiger partial charge in [-0.3, -0.25) is 4.79 Å². The van der Waals surface area contributed by atoms with E-state index < -0.39 is 0 Å². The number of unbranched alkanes of at least 4 members (excludes halogenated alkanes) is 2. The molecule has 0 saturated carbocycles. The second-order valence-electron chi connectivity index (χ2n) is 3.44. The van der Waals surface area contributed by atoms with Crippen LogP contribution in [-0.4, -0.2) is 12.6 Å². The molecule has 0 rings (SSSR count). The van der Waals surface area contributed by atoms with Gasteiger partial charge in [0.2, 0.25) is 0 Å². The zero-order chi connectivity index (χ0) is 10.1. The van der Waals surface area contributed by atoms with Crippen LogP contribution in [0.3, 0.4) is 0 Å². The molecule has 0 N–H and O–H groups in total. The summed E-state index contributed by atoms with van der Waals surface area (Å²) in [5.74, 6) is 0.245. The van der Waals surface area contributed by atoms with E-state index in [-0.39, 0.29) is 5.97 Å². The number of esters is 1. The van der Waals surface area contributed by atoms with Crippen molar-refractivity contribution >= 4 is 5.97 Å². The third-order valence-corrected chi connectivity index (χ3v) is 1.50. The standard InChI is InChI=1S/C10H17NO2/c1-9(2)8-13-10(12)6-4-3-5-7-11/h9H,3-6,8H2,1-2H3. The maximum absolute atomic E-state index is 11.0. The lowest BCUT2D eigenvalue weighted by molar-refractivity contribution is -0.144. The zero-order valence-corrected chi connectivity index (χ0v) is 8.38. The minimum absolute atomic E-state index is 0.147. The predicted octanol–water partition coefficient (Wildman–Crippen LogP) is 2.27. The summed E-state index contributed by atoms with van der Waals surface area (Å²) < 4.78 is 4.96. The van der Waals surface area contributed by atoms with Crippen molar-refractivity contribution in [3.05, 3.63) is 0 Å². The molecule has 13 heavy (non-hydrogen) atoms. The van der Waals surface area contributed by atoms with Crippen LogP contribution < -0.4 is 0 Å². The maximum Gasteiger partial charge on any atom is 0.305 e. The predicted molar refractivity (Wildman–Crippen MR) is 49.9 cm³/mol. The molecule has 0 aromatic carbocycles. The van der Waals surface area contributed by atoms with E-state index in [1.807, 2.05) is 19.9 Å². The van der Waals surface area contributed by atoms with Crippen molar-refractivity contribution in [1.29, 1.82) is 5.26 Å². The van der Waals surface area contributed by atoms with E-state index in [9.17, 15) is 4.79 Å². The Balaban J connectivity index is 3.26. The number of hydrogen-bond donors (Lipinski definition) is 0. The van der Waals surface area contributed by atoms with E-state index in [1.165, 1.54) is 0 Å². The van der Waals surface area contributed by atoms with Crippen LogP contribution in [0, 0.1) is 17.2 Å². The molecule has 0 aliphatic heterocycles. The average Bonchev–Trinajstić information content (AvgIpc) is 2.09. The Bertz CT molecular complexity index is 182. The Hall–Kier alpha value is -1.04. The molecule has 0 radical (unpaired) electrons. The molecule has 0 atom stereocenters. The van der Waals surface area contributed by atoms with Crippen LogP contribution >= 0.6 is 0 Å². The summed E-state index contributed by atoms with van der Waals surface area (Å²) in [6.07, 6.45) is 2.50. The van der Waals surface area contributed by atoms with E-state index in [0.717, 1.165) is 12.8 Å². The highest BCUT2D eigenvalue weighted by atomic mass is 16.5. The topological polar surface area (TPSA) is 50.1 Å². The highest BCUT2D eigenvalue weighted by molar-refractivity contribution is 5.69. The monoisotopic (exact) mass is 183 g/mol. The molecule has 3 nitrogen and oxygen atoms in total. The highest BCUT2D eigenvalue weighted by Gasteiger charge is 2.03. The van der Waals surface area contributed by atoms with Crippen LogP contribution in [0.1, 0.15) is 39.5 Å². The molecule has 74 valence electrons. The number of carbonyl (C=O) groups is 1. The lowest BCUT2D eigenvalue weighted by Gasteiger charge is -2.06. The first-order valence-electron chi connectivity index (χ1n) is 4.69. The zero-order valence-electron chi connectivity index (χ0n) is 8.38. The third-order valence-electron chi connectivity index (χ3n) is 1.50. The van der Waals surface area contributed by atoms with E-state index in [0.29, 0.717) is 25.4 Å². The molecule has 0 aromatic rings. The molecule has 0 saturated heterocycles. The molecule has 0 aliphatic rings. The van der Waals surface area contributed by atoms with Gasteiger partial charge < -0.3 is 4.74 Å². The Morgan fingerprint density at radius 1 is 1.46 bits per heavy atom. The van der Waals surface area contributed by atoms with Gasteiger partial charge in [-0.1, -0.05) is 13.8 Å². The number of carbonyl (C=O) groups excluding carboxylic acids is 1. The summed E-state index contributed by atoms with van der Waals surface area (Å²) in [5, 5.41) is 8.24. The lowest BCUT2D eigenvalue weighted by atomic mass is 10.2. The van der Waals surface area contributed by atoms with Gasteiger partial charge in [-0.05, 0) is 18.8 Å². The van der Waals surface area contributed by atoms with Crippen molar-refractivity contribution in [1.82, 2.24) is 0 Å². The number of hydrogen-bond acceptors (Lipinski definition) is 3. The smallest absolute Gasteiger partial charge is 0.305 e. The van der Waals surface area contributed by atoms with Crippen LogP contribution in [0.15, 0.2) is 0 Å². The van der Waals surface area contributed by atoms with Gasteiger partial charge in [0, 0.05) is 12.8 Å². The summed E-state index contributed by atoms with van der Waals surface area (Å²) in [6, 6.07) is 2.04. The Labute approximate surface area is 79.7 Å². The summed E-state index contributed by atoms with van der Waals surface area (Å²) in [4.78, 5) is 11.0. The van der Waals surface area contributed by atoms with Crippen LogP contribution in [0.25, 0.3) is 0 Å². The second kappa shape index (κ2) is 7.60. The van der Waals surface area contributed by atoms with E-state index in [4.69, 9.17) is 10.00 Å². The largest absolute Gasteiger partial charge is 0.465 e. The van der Waals surface area contributed by atoms with Crippen molar-refractivity contribution in [2.75, 3.05) is 6.61 Å². The molecule has 0 bridgehead atoms. The number of ether oxygens (including phenoxy) is 1. The normalized spacial score (nSPS) is 9.69. The summed E-state index contributed by atoms with van der Waals surface area (Å²) in [7, 11) is 0. The van der Waals surface area contributed by atoms with E-state index in [1.54, 1.807) is 0 Å². The van der Waals surface area contributed by atoms with Gasteiger partial charge in [-0.25, -0.2) is 0 Å². The summed E-state index contributed by atoms with van der Waals surface area (Å²) >= 11 is 0.